The molecule has 6 nitrogen and oxygen atoms in total. The maximum absolute atomic E-state index is 5.98. The van der Waals surface area contributed by atoms with Crippen LogP contribution in [0.15, 0.2) is 53.5 Å². The summed E-state index contributed by atoms with van der Waals surface area (Å²) in [6.45, 7) is 1.64. The lowest BCUT2D eigenvalue weighted by molar-refractivity contribution is 0.289. The Balaban J connectivity index is 1.44. The van der Waals surface area contributed by atoms with Crippen molar-refractivity contribution in [3.05, 3.63) is 64.9 Å². The first-order valence-corrected chi connectivity index (χ1v) is 11.4. The highest BCUT2D eigenvalue weighted by atomic mass is 35.5. The van der Waals surface area contributed by atoms with Crippen molar-refractivity contribution in [2.75, 3.05) is 18.4 Å². The Morgan fingerprint density at radius 2 is 1.69 bits per heavy atom. The number of nitrogens with two attached hydrogens (primary N) is 2. The molecule has 1 saturated carbocycles. The van der Waals surface area contributed by atoms with Crippen LogP contribution in [0.4, 0.5) is 5.82 Å². The highest BCUT2D eigenvalue weighted by molar-refractivity contribution is 6.30. The summed E-state index contributed by atoms with van der Waals surface area (Å²) in [6, 6.07) is 15.8. The molecule has 1 aromatic heterocycles. The predicted molar refractivity (Wildman–Crippen MR) is 135 cm³/mol. The van der Waals surface area contributed by atoms with E-state index in [2.05, 4.69) is 16.4 Å². The van der Waals surface area contributed by atoms with E-state index in [1.165, 1.54) is 12.8 Å². The number of nitrogens with one attached hydrogen (secondary N) is 1. The van der Waals surface area contributed by atoms with Gasteiger partial charge in [-0.3, -0.25) is 4.99 Å². The lowest BCUT2D eigenvalue weighted by atomic mass is 9.82. The molecule has 5 N–H and O–H groups in total. The van der Waals surface area contributed by atoms with Crippen molar-refractivity contribution >= 4 is 46.4 Å². The number of aromatic nitrogens is 2. The zero-order valence-electron chi connectivity index (χ0n) is 18.0. The van der Waals surface area contributed by atoms with E-state index in [4.69, 9.17) is 33.0 Å². The first-order valence-electron chi connectivity index (χ1n) is 11.1. The fourth-order valence-corrected chi connectivity index (χ4v) is 4.27. The van der Waals surface area contributed by atoms with E-state index in [1.54, 1.807) is 0 Å². The van der Waals surface area contributed by atoms with E-state index in [0.717, 1.165) is 53.2 Å². The lowest BCUT2D eigenvalue weighted by Crippen LogP contribution is -2.26. The van der Waals surface area contributed by atoms with Gasteiger partial charge in [0.05, 0.1) is 5.52 Å². The monoisotopic (exact) mass is 448 g/mol. The second-order valence-corrected chi connectivity index (χ2v) is 8.80. The zero-order valence-corrected chi connectivity index (χ0v) is 18.8. The number of anilines is 1. The highest BCUT2D eigenvalue weighted by Crippen LogP contribution is 2.30. The molecule has 0 amide bonds. The third-order valence-electron chi connectivity index (χ3n) is 5.97. The number of fused-ring (bicyclic) bond motifs is 1. The first kappa shape index (κ1) is 22.1. The van der Waals surface area contributed by atoms with Crippen LogP contribution in [-0.4, -0.2) is 29.0 Å². The van der Waals surface area contributed by atoms with Gasteiger partial charge in [0.2, 0.25) is 0 Å². The van der Waals surface area contributed by atoms with E-state index in [9.17, 15) is 0 Å². The summed E-state index contributed by atoms with van der Waals surface area (Å²) in [5.74, 6) is 2.95. The van der Waals surface area contributed by atoms with Crippen molar-refractivity contribution in [2.24, 2.45) is 28.3 Å². The molecule has 0 aliphatic heterocycles. The van der Waals surface area contributed by atoms with E-state index < -0.39 is 0 Å². The van der Waals surface area contributed by atoms with E-state index in [1.807, 2.05) is 54.6 Å². The average Bonchev–Trinajstić information content (AvgIpc) is 2.81. The summed E-state index contributed by atoms with van der Waals surface area (Å²) >= 11 is 5.98. The van der Waals surface area contributed by atoms with Gasteiger partial charge < -0.3 is 16.8 Å². The number of benzene rings is 2. The molecule has 1 heterocycles. The molecule has 0 radical (unpaired) electrons. The molecule has 166 valence electrons. The lowest BCUT2D eigenvalue weighted by Gasteiger charge is -2.28. The summed E-state index contributed by atoms with van der Waals surface area (Å²) in [5, 5.41) is 5.36. The minimum absolute atomic E-state index is 0.186. The second kappa shape index (κ2) is 10.5. The maximum atomic E-state index is 5.98. The SMILES string of the molecule is NC(N)=NCC1CCC(CNc2nc(C=Cc3ccc(Cl)cc3)nc3ccccc23)CC1. The Bertz CT molecular complexity index is 1100. The Morgan fingerprint density at radius 3 is 2.44 bits per heavy atom. The number of hydrogen-bond donors (Lipinski definition) is 3. The number of guanidine groups is 1. The molecule has 1 aliphatic rings. The van der Waals surface area contributed by atoms with Crippen LogP contribution in [0.2, 0.25) is 5.02 Å². The molecule has 4 rings (SSSR count). The smallest absolute Gasteiger partial charge is 0.185 e. The summed E-state index contributed by atoms with van der Waals surface area (Å²) in [4.78, 5) is 13.7. The van der Waals surface area contributed by atoms with E-state index in [0.29, 0.717) is 17.7 Å². The van der Waals surface area contributed by atoms with Gasteiger partial charge in [-0.05, 0) is 73.4 Å². The summed E-state index contributed by atoms with van der Waals surface area (Å²) in [5.41, 5.74) is 12.9. The molecule has 32 heavy (non-hydrogen) atoms. The number of aliphatic imine (C=N–C) groups is 1. The van der Waals surface area contributed by atoms with E-state index in [-0.39, 0.29) is 5.96 Å². The molecule has 0 saturated heterocycles. The number of nitrogens with zero attached hydrogens (tertiary/aromatic N) is 3. The molecular weight excluding hydrogens is 420 g/mol. The van der Waals surface area contributed by atoms with Crippen molar-refractivity contribution in [3.63, 3.8) is 0 Å². The summed E-state index contributed by atoms with van der Waals surface area (Å²) in [7, 11) is 0. The molecule has 2 aromatic carbocycles. The van der Waals surface area contributed by atoms with Gasteiger partial charge in [-0.25, -0.2) is 9.97 Å². The van der Waals surface area contributed by atoms with Gasteiger partial charge in [0, 0.05) is 23.5 Å². The van der Waals surface area contributed by atoms with Gasteiger partial charge in [-0.2, -0.15) is 0 Å². The van der Waals surface area contributed by atoms with Gasteiger partial charge in [-0.1, -0.05) is 41.9 Å². The molecule has 7 heteroatoms. The Kier molecular flexibility index (Phi) is 7.22. The van der Waals surface area contributed by atoms with Crippen LogP contribution in [0.25, 0.3) is 23.1 Å². The third kappa shape index (κ3) is 5.98. The standard InChI is InChI=1S/C25H29ClN6/c26-20-12-9-17(10-13-20)11-14-23-31-22-4-2-1-3-21(22)24(32-23)29-15-18-5-7-19(8-6-18)16-30-25(27)28/h1-4,9-14,18-19H,5-8,15-16H2,(H4,27,28,30)(H,29,31,32). The highest BCUT2D eigenvalue weighted by Gasteiger charge is 2.21. The first-order chi connectivity index (χ1) is 15.6. The molecule has 0 atom stereocenters. The molecule has 0 unspecified atom stereocenters. The number of hydrogen-bond acceptors (Lipinski definition) is 4. The van der Waals surface area contributed by atoms with Crippen LogP contribution in [0.1, 0.15) is 37.1 Å². The Labute approximate surface area is 193 Å². The fraction of sp³-hybridized carbons (Fsp3) is 0.320. The largest absolute Gasteiger partial charge is 0.370 e. The Morgan fingerprint density at radius 1 is 0.969 bits per heavy atom. The molecule has 0 spiro atoms. The number of rotatable bonds is 7. The summed E-state index contributed by atoms with van der Waals surface area (Å²) in [6.07, 6.45) is 8.59. The van der Waals surface area contributed by atoms with Crippen molar-refractivity contribution < 1.29 is 0 Å². The van der Waals surface area contributed by atoms with Crippen molar-refractivity contribution in [2.45, 2.75) is 25.7 Å². The van der Waals surface area contributed by atoms with Crippen LogP contribution in [-0.2, 0) is 0 Å². The quantitative estimate of drug-likeness (QED) is 0.350. The topological polar surface area (TPSA) is 102 Å². The van der Waals surface area contributed by atoms with Gasteiger partial charge in [-0.15, -0.1) is 0 Å². The third-order valence-corrected chi connectivity index (χ3v) is 6.22. The van der Waals surface area contributed by atoms with Crippen LogP contribution >= 0.6 is 11.6 Å². The summed E-state index contributed by atoms with van der Waals surface area (Å²) < 4.78 is 0. The van der Waals surface area contributed by atoms with Crippen LogP contribution in [0, 0.1) is 11.8 Å². The molecular formula is C25H29ClN6. The number of para-hydroxylation sites is 1. The minimum atomic E-state index is 0.186. The van der Waals surface area contributed by atoms with Crippen molar-refractivity contribution in [1.29, 1.82) is 0 Å². The fourth-order valence-electron chi connectivity index (χ4n) is 4.14. The van der Waals surface area contributed by atoms with Crippen molar-refractivity contribution in [3.8, 4) is 0 Å². The maximum Gasteiger partial charge on any atom is 0.185 e. The van der Waals surface area contributed by atoms with Crippen LogP contribution < -0.4 is 16.8 Å². The van der Waals surface area contributed by atoms with Crippen molar-refractivity contribution in [1.82, 2.24) is 9.97 Å². The van der Waals surface area contributed by atoms with Crippen LogP contribution in [0.3, 0.4) is 0 Å². The normalized spacial score (nSPS) is 18.7. The van der Waals surface area contributed by atoms with Crippen LogP contribution in [0.5, 0.6) is 0 Å². The van der Waals surface area contributed by atoms with Gasteiger partial charge in [0.15, 0.2) is 11.8 Å². The Hall–Kier alpha value is -3.12. The molecule has 0 bridgehead atoms. The number of halogens is 1. The molecule has 1 aliphatic carbocycles. The van der Waals surface area contributed by atoms with Gasteiger partial charge in [0.1, 0.15) is 5.82 Å². The molecule has 3 aromatic rings. The van der Waals surface area contributed by atoms with E-state index >= 15 is 0 Å². The van der Waals surface area contributed by atoms with Gasteiger partial charge in [0.25, 0.3) is 0 Å². The zero-order chi connectivity index (χ0) is 22.3. The predicted octanol–water partition coefficient (Wildman–Crippen LogP) is 4.95. The van der Waals surface area contributed by atoms with Gasteiger partial charge >= 0.3 is 0 Å². The minimum Gasteiger partial charge on any atom is -0.370 e. The second-order valence-electron chi connectivity index (χ2n) is 8.37. The molecule has 1 fully saturated rings. The average molecular weight is 449 g/mol.